The summed E-state index contributed by atoms with van der Waals surface area (Å²) in [5.74, 6) is -0.300. The molecule has 0 saturated heterocycles. The molecular formula is C28H23BrN4O3. The summed E-state index contributed by atoms with van der Waals surface area (Å²) in [7, 11) is 1.77. The lowest BCUT2D eigenvalue weighted by Gasteiger charge is -2.27. The van der Waals surface area contributed by atoms with Crippen LogP contribution in [0.15, 0.2) is 69.6 Å². The second-order valence-electron chi connectivity index (χ2n) is 9.10. The Hall–Kier alpha value is -3.91. The summed E-state index contributed by atoms with van der Waals surface area (Å²) in [6.07, 6.45) is 0.602. The predicted octanol–water partition coefficient (Wildman–Crippen LogP) is 5.84. The number of fused-ring (bicyclic) bond motifs is 4. The van der Waals surface area contributed by atoms with Crippen molar-refractivity contribution < 1.29 is 14.0 Å². The smallest absolute Gasteiger partial charge is 0.274 e. The van der Waals surface area contributed by atoms with Gasteiger partial charge in [0.15, 0.2) is 0 Å². The normalized spacial score (nSPS) is 13.2. The molecule has 0 bridgehead atoms. The minimum absolute atomic E-state index is 0.0434. The number of para-hydroxylation sites is 1. The molecule has 2 aromatic heterocycles. The van der Waals surface area contributed by atoms with E-state index in [1.54, 1.807) is 16.6 Å². The van der Waals surface area contributed by atoms with Crippen LogP contribution in [-0.4, -0.2) is 33.0 Å². The number of rotatable bonds is 3. The third-order valence-electron chi connectivity index (χ3n) is 6.75. The van der Waals surface area contributed by atoms with E-state index < -0.39 is 0 Å². The number of carbonyl (C=O) groups is 2. The molecule has 0 fully saturated rings. The Morgan fingerprint density at radius 1 is 1.03 bits per heavy atom. The van der Waals surface area contributed by atoms with E-state index in [-0.39, 0.29) is 11.8 Å². The molecule has 0 atom stereocenters. The van der Waals surface area contributed by atoms with Crippen molar-refractivity contribution in [3.8, 4) is 0 Å². The summed E-state index contributed by atoms with van der Waals surface area (Å²) in [5, 5.41) is 9.55. The Labute approximate surface area is 215 Å². The Kier molecular flexibility index (Phi) is 5.41. The summed E-state index contributed by atoms with van der Waals surface area (Å²) >= 11 is 3.46. The number of hydrogen-bond donors (Lipinski definition) is 1. The molecule has 6 rings (SSSR count). The number of anilines is 1. The molecule has 0 spiro atoms. The second kappa shape index (κ2) is 8.64. The largest absolute Gasteiger partial charge is 0.456 e. The molecule has 1 aliphatic heterocycles. The lowest BCUT2D eigenvalue weighted by molar-refractivity contribution is 0.0731. The molecule has 5 aromatic rings. The van der Waals surface area contributed by atoms with Crippen molar-refractivity contribution in [1.82, 2.24) is 14.7 Å². The summed E-state index contributed by atoms with van der Waals surface area (Å²) < 4.78 is 8.45. The highest BCUT2D eigenvalue weighted by Gasteiger charge is 2.30. The van der Waals surface area contributed by atoms with Crippen molar-refractivity contribution in [2.45, 2.75) is 19.9 Å². The third-order valence-corrected chi connectivity index (χ3v) is 7.24. The average Bonchev–Trinajstić information content (AvgIpc) is 3.39. The van der Waals surface area contributed by atoms with Crippen LogP contribution >= 0.6 is 15.9 Å². The van der Waals surface area contributed by atoms with Gasteiger partial charge < -0.3 is 14.6 Å². The zero-order valence-corrected chi connectivity index (χ0v) is 21.4. The summed E-state index contributed by atoms with van der Waals surface area (Å²) in [4.78, 5) is 28.5. The van der Waals surface area contributed by atoms with E-state index in [4.69, 9.17) is 4.42 Å². The number of halogens is 1. The summed E-state index contributed by atoms with van der Waals surface area (Å²) in [6.45, 7) is 2.83. The maximum Gasteiger partial charge on any atom is 0.274 e. The molecule has 8 heteroatoms. The van der Waals surface area contributed by atoms with E-state index >= 15 is 0 Å². The van der Waals surface area contributed by atoms with Gasteiger partial charge in [-0.2, -0.15) is 5.10 Å². The van der Waals surface area contributed by atoms with E-state index in [2.05, 4.69) is 26.3 Å². The Morgan fingerprint density at radius 3 is 2.67 bits per heavy atom. The van der Waals surface area contributed by atoms with E-state index in [0.29, 0.717) is 36.5 Å². The van der Waals surface area contributed by atoms with Crippen molar-refractivity contribution in [2.75, 3.05) is 11.9 Å². The summed E-state index contributed by atoms with van der Waals surface area (Å²) in [6, 6.07) is 19.1. The van der Waals surface area contributed by atoms with Gasteiger partial charge in [-0.3, -0.25) is 14.3 Å². The van der Waals surface area contributed by atoms with Crippen LogP contribution in [0.4, 0.5) is 5.69 Å². The molecule has 36 heavy (non-hydrogen) atoms. The number of benzene rings is 3. The molecule has 1 aliphatic rings. The van der Waals surface area contributed by atoms with Crippen LogP contribution in [0.1, 0.15) is 37.7 Å². The van der Waals surface area contributed by atoms with Crippen molar-refractivity contribution in [3.05, 3.63) is 93.2 Å². The first-order valence-corrected chi connectivity index (χ1v) is 12.5. The first kappa shape index (κ1) is 22.5. The van der Waals surface area contributed by atoms with Gasteiger partial charge >= 0.3 is 0 Å². The number of amides is 2. The molecular weight excluding hydrogens is 520 g/mol. The van der Waals surface area contributed by atoms with Gasteiger partial charge in [-0.15, -0.1) is 0 Å². The minimum Gasteiger partial charge on any atom is -0.456 e. The standard InChI is InChI=1S/C28H23BrN4O3/c1-16-13-17(29)7-9-19(16)28(35)33-12-11-23-22(15-33)26(32(2)31-23)27(34)30-18-8-10-25-21(14-18)20-5-3-4-6-24(20)36-25/h3-10,13-14H,11-12,15H2,1-2H3,(H,30,34). The molecule has 3 aromatic carbocycles. The lowest BCUT2D eigenvalue weighted by Crippen LogP contribution is -2.36. The van der Waals surface area contributed by atoms with Gasteiger partial charge in [0.25, 0.3) is 11.8 Å². The Morgan fingerprint density at radius 2 is 1.83 bits per heavy atom. The number of carbonyl (C=O) groups excluding carboxylic acids is 2. The number of nitrogens with zero attached hydrogens (tertiary/aromatic N) is 3. The lowest BCUT2D eigenvalue weighted by atomic mass is 10.0. The van der Waals surface area contributed by atoms with E-state index in [1.165, 1.54) is 0 Å². The molecule has 2 amide bonds. The quantitative estimate of drug-likeness (QED) is 0.310. The number of aryl methyl sites for hydroxylation is 2. The number of furan rings is 1. The van der Waals surface area contributed by atoms with Crippen LogP contribution in [0.25, 0.3) is 21.9 Å². The van der Waals surface area contributed by atoms with E-state index in [1.807, 2.05) is 67.6 Å². The van der Waals surface area contributed by atoms with Crippen molar-refractivity contribution in [1.29, 1.82) is 0 Å². The fraction of sp³-hybridized carbons (Fsp3) is 0.179. The van der Waals surface area contributed by atoms with Crippen LogP contribution < -0.4 is 5.32 Å². The molecule has 180 valence electrons. The maximum absolute atomic E-state index is 13.4. The van der Waals surface area contributed by atoms with Gasteiger partial charge in [-0.1, -0.05) is 34.1 Å². The van der Waals surface area contributed by atoms with Gasteiger partial charge in [0.2, 0.25) is 0 Å². The zero-order valence-electron chi connectivity index (χ0n) is 19.8. The molecule has 0 unspecified atom stereocenters. The first-order valence-electron chi connectivity index (χ1n) is 11.7. The highest BCUT2D eigenvalue weighted by atomic mass is 79.9. The highest BCUT2D eigenvalue weighted by Crippen LogP contribution is 2.31. The third kappa shape index (κ3) is 3.78. The number of hydrogen-bond acceptors (Lipinski definition) is 4. The second-order valence-corrected chi connectivity index (χ2v) is 10.0. The minimum atomic E-state index is -0.257. The van der Waals surface area contributed by atoms with E-state index in [0.717, 1.165) is 43.2 Å². The van der Waals surface area contributed by atoms with Crippen LogP contribution in [0.3, 0.4) is 0 Å². The van der Waals surface area contributed by atoms with Crippen LogP contribution in [0.5, 0.6) is 0 Å². The molecule has 0 saturated carbocycles. The number of aromatic nitrogens is 2. The van der Waals surface area contributed by atoms with Gasteiger partial charge in [0.1, 0.15) is 16.9 Å². The fourth-order valence-corrected chi connectivity index (χ4v) is 5.47. The van der Waals surface area contributed by atoms with Gasteiger partial charge in [0.05, 0.1) is 12.2 Å². The monoisotopic (exact) mass is 542 g/mol. The van der Waals surface area contributed by atoms with Crippen molar-refractivity contribution >= 4 is 55.4 Å². The van der Waals surface area contributed by atoms with E-state index in [9.17, 15) is 9.59 Å². The van der Waals surface area contributed by atoms with Crippen molar-refractivity contribution in [3.63, 3.8) is 0 Å². The Bertz CT molecular complexity index is 1680. The molecule has 7 nitrogen and oxygen atoms in total. The molecule has 0 radical (unpaired) electrons. The van der Waals surface area contributed by atoms with Crippen LogP contribution in [-0.2, 0) is 20.0 Å². The molecule has 3 heterocycles. The highest BCUT2D eigenvalue weighted by molar-refractivity contribution is 9.10. The average molecular weight is 543 g/mol. The zero-order chi connectivity index (χ0) is 25.0. The predicted molar refractivity (Wildman–Crippen MR) is 142 cm³/mol. The molecule has 0 aliphatic carbocycles. The Balaban J connectivity index is 1.29. The molecule has 1 N–H and O–H groups in total. The van der Waals surface area contributed by atoms with Crippen LogP contribution in [0, 0.1) is 6.92 Å². The van der Waals surface area contributed by atoms with Gasteiger partial charge in [-0.25, -0.2) is 0 Å². The van der Waals surface area contributed by atoms with Gasteiger partial charge in [0, 0.05) is 52.1 Å². The topological polar surface area (TPSA) is 80.4 Å². The summed E-state index contributed by atoms with van der Waals surface area (Å²) in [5.41, 5.74) is 5.93. The number of nitrogens with one attached hydrogen (secondary N) is 1. The van der Waals surface area contributed by atoms with Crippen molar-refractivity contribution in [2.24, 2.45) is 7.05 Å². The van der Waals surface area contributed by atoms with Crippen LogP contribution in [0.2, 0.25) is 0 Å². The SMILES string of the molecule is Cc1cc(Br)ccc1C(=O)N1CCc2nn(C)c(C(=O)Nc3ccc4oc5ccccc5c4c3)c2C1. The first-order chi connectivity index (χ1) is 17.4. The fourth-order valence-electron chi connectivity index (χ4n) is 4.99. The van der Waals surface area contributed by atoms with Gasteiger partial charge in [-0.05, 0) is 55.0 Å². The maximum atomic E-state index is 13.4.